The molecule has 194 valence electrons. The van der Waals surface area contributed by atoms with Crippen molar-refractivity contribution < 1.29 is 0 Å². The highest BCUT2D eigenvalue weighted by molar-refractivity contribution is 6.39. The molecule has 0 heteroatoms. The second kappa shape index (κ2) is 9.03. The van der Waals surface area contributed by atoms with Gasteiger partial charge in [-0.25, -0.2) is 0 Å². The predicted molar refractivity (Wildman–Crippen MR) is 182 cm³/mol. The fourth-order valence-electron chi connectivity index (χ4n) is 7.19. The van der Waals surface area contributed by atoms with Gasteiger partial charge in [0.05, 0.1) is 0 Å². The van der Waals surface area contributed by atoms with Crippen LogP contribution in [0.5, 0.6) is 0 Å². The van der Waals surface area contributed by atoms with E-state index >= 15 is 0 Å². The fraction of sp³-hybridized carbons (Fsp3) is 0. The lowest BCUT2D eigenvalue weighted by Crippen LogP contribution is -1.91. The van der Waals surface area contributed by atoms with Crippen LogP contribution >= 0.6 is 0 Å². The average molecular weight is 531 g/mol. The first-order valence-electron chi connectivity index (χ1n) is 14.6. The van der Waals surface area contributed by atoms with E-state index in [2.05, 4.69) is 158 Å². The van der Waals surface area contributed by atoms with E-state index in [1.54, 1.807) is 0 Å². The van der Waals surface area contributed by atoms with Gasteiger partial charge in [-0.15, -0.1) is 0 Å². The maximum atomic E-state index is 2.44. The summed E-state index contributed by atoms with van der Waals surface area (Å²) in [6, 6.07) is 58.0. The normalized spacial score (nSPS) is 11.8. The summed E-state index contributed by atoms with van der Waals surface area (Å²) in [5.74, 6) is 0. The first kappa shape index (κ1) is 23.3. The van der Waals surface area contributed by atoms with Crippen LogP contribution in [0.3, 0.4) is 0 Å². The van der Waals surface area contributed by atoms with Crippen LogP contribution in [0, 0.1) is 0 Å². The van der Waals surface area contributed by atoms with Crippen molar-refractivity contribution in [2.45, 2.75) is 0 Å². The number of hydrogen-bond acceptors (Lipinski definition) is 0. The minimum atomic E-state index is 1.23. The molecule has 0 saturated heterocycles. The minimum absolute atomic E-state index is 1.23. The summed E-state index contributed by atoms with van der Waals surface area (Å²) in [4.78, 5) is 0. The van der Waals surface area contributed by atoms with Gasteiger partial charge in [0.25, 0.3) is 0 Å². The van der Waals surface area contributed by atoms with E-state index in [-0.39, 0.29) is 0 Å². The lowest BCUT2D eigenvalue weighted by atomic mass is 9.84. The van der Waals surface area contributed by atoms with E-state index in [0.29, 0.717) is 0 Å². The highest BCUT2D eigenvalue weighted by Gasteiger charge is 2.18. The standard InChI is InChI=1S/C42H26/c1-3-13-27(14-4-1)37-25-39-32-20-10-12-22-34(32)42-36(40(39)26-38(37)28-15-5-2-6-16-28)24-23-35-31-19-8-7-17-29(31)30-18-9-11-21-33(30)41(35)42/h1-26H. The van der Waals surface area contributed by atoms with Gasteiger partial charge in [0.15, 0.2) is 0 Å². The summed E-state index contributed by atoms with van der Waals surface area (Å²) in [5.41, 5.74) is 4.99. The van der Waals surface area contributed by atoms with Crippen molar-refractivity contribution in [3.8, 4) is 22.3 Å². The van der Waals surface area contributed by atoms with E-state index in [0.717, 1.165) is 0 Å². The van der Waals surface area contributed by atoms with Gasteiger partial charge in [0, 0.05) is 0 Å². The maximum Gasteiger partial charge on any atom is -0.00139 e. The molecule has 0 unspecified atom stereocenters. The largest absolute Gasteiger partial charge is 0.0622 e. The summed E-state index contributed by atoms with van der Waals surface area (Å²) in [7, 11) is 0. The zero-order valence-corrected chi connectivity index (χ0v) is 23.0. The van der Waals surface area contributed by atoms with Crippen molar-refractivity contribution in [3.05, 3.63) is 158 Å². The second-order valence-electron chi connectivity index (χ2n) is 11.2. The molecule has 0 aliphatic heterocycles. The molecule has 0 aliphatic rings. The summed E-state index contributed by atoms with van der Waals surface area (Å²) in [6.45, 7) is 0. The van der Waals surface area contributed by atoms with Crippen molar-refractivity contribution in [3.63, 3.8) is 0 Å². The van der Waals surface area contributed by atoms with Crippen LogP contribution in [0.4, 0.5) is 0 Å². The zero-order chi connectivity index (χ0) is 27.6. The summed E-state index contributed by atoms with van der Waals surface area (Å²) in [5, 5.41) is 15.7. The van der Waals surface area contributed by atoms with Gasteiger partial charge in [-0.3, -0.25) is 0 Å². The van der Waals surface area contributed by atoms with Gasteiger partial charge in [-0.1, -0.05) is 146 Å². The smallest absolute Gasteiger partial charge is 0.00139 e. The van der Waals surface area contributed by atoms with E-state index < -0.39 is 0 Å². The Bertz CT molecular complexity index is 2450. The van der Waals surface area contributed by atoms with Crippen molar-refractivity contribution in [1.82, 2.24) is 0 Å². The van der Waals surface area contributed by atoms with Crippen LogP contribution in [-0.2, 0) is 0 Å². The number of fused-ring (bicyclic) bond motifs is 13. The molecule has 0 radical (unpaired) electrons. The van der Waals surface area contributed by atoms with Crippen molar-refractivity contribution in [1.29, 1.82) is 0 Å². The Hall–Kier alpha value is -5.46. The van der Waals surface area contributed by atoms with Crippen LogP contribution in [0.15, 0.2) is 158 Å². The second-order valence-corrected chi connectivity index (χ2v) is 11.2. The molecule has 0 spiro atoms. The first-order valence-corrected chi connectivity index (χ1v) is 14.6. The minimum Gasteiger partial charge on any atom is -0.0622 e. The fourth-order valence-corrected chi connectivity index (χ4v) is 7.19. The third-order valence-electron chi connectivity index (χ3n) is 9.01. The highest BCUT2D eigenvalue weighted by Crippen LogP contribution is 2.46. The molecule has 0 N–H and O–H groups in total. The molecule has 0 saturated carbocycles. The third kappa shape index (κ3) is 3.30. The zero-order valence-electron chi connectivity index (χ0n) is 23.0. The van der Waals surface area contributed by atoms with Gasteiger partial charge in [0.1, 0.15) is 0 Å². The van der Waals surface area contributed by atoms with E-state index in [4.69, 9.17) is 0 Å². The molecule has 9 aromatic carbocycles. The Morgan fingerprint density at radius 1 is 0.214 bits per heavy atom. The van der Waals surface area contributed by atoms with Gasteiger partial charge in [0.2, 0.25) is 0 Å². The molecule has 0 atom stereocenters. The van der Waals surface area contributed by atoms with Gasteiger partial charge >= 0.3 is 0 Å². The van der Waals surface area contributed by atoms with Crippen molar-refractivity contribution >= 4 is 64.6 Å². The molecule has 9 aromatic rings. The van der Waals surface area contributed by atoms with Crippen LogP contribution < -0.4 is 0 Å². The molecule has 0 amide bonds. The highest BCUT2D eigenvalue weighted by atomic mass is 14.2. The molecule has 0 nitrogen and oxygen atoms in total. The number of rotatable bonds is 2. The third-order valence-corrected chi connectivity index (χ3v) is 9.01. The topological polar surface area (TPSA) is 0 Å². The molecule has 0 bridgehead atoms. The van der Waals surface area contributed by atoms with E-state index in [1.165, 1.54) is 86.9 Å². The Balaban J connectivity index is 1.55. The summed E-state index contributed by atoms with van der Waals surface area (Å²) < 4.78 is 0. The summed E-state index contributed by atoms with van der Waals surface area (Å²) in [6.07, 6.45) is 0. The lowest BCUT2D eigenvalue weighted by molar-refractivity contribution is 1.61. The van der Waals surface area contributed by atoms with Crippen LogP contribution in [0.25, 0.3) is 86.9 Å². The van der Waals surface area contributed by atoms with Crippen LogP contribution in [0.1, 0.15) is 0 Å². The SMILES string of the molecule is c1ccc(-c2cc3c4ccccc4c4c(ccc5c6ccccc6c6ccccc6c54)c3cc2-c2ccccc2)cc1. The molecular weight excluding hydrogens is 504 g/mol. The predicted octanol–water partition coefficient (Wildman–Crippen LogP) is 11.9. The Kier molecular flexibility index (Phi) is 5.00. The first-order chi connectivity index (χ1) is 20.9. The van der Waals surface area contributed by atoms with E-state index in [9.17, 15) is 0 Å². The lowest BCUT2D eigenvalue weighted by Gasteiger charge is -2.19. The van der Waals surface area contributed by atoms with Gasteiger partial charge in [-0.05, 0) is 99.0 Å². The van der Waals surface area contributed by atoms with Crippen LogP contribution in [-0.4, -0.2) is 0 Å². The maximum absolute atomic E-state index is 2.44. The number of benzene rings is 9. The Labute approximate surface area is 244 Å². The molecule has 0 aliphatic carbocycles. The average Bonchev–Trinajstić information content (AvgIpc) is 3.08. The molecule has 0 heterocycles. The van der Waals surface area contributed by atoms with Crippen molar-refractivity contribution in [2.75, 3.05) is 0 Å². The summed E-state index contributed by atoms with van der Waals surface area (Å²) >= 11 is 0. The van der Waals surface area contributed by atoms with Crippen LogP contribution in [0.2, 0.25) is 0 Å². The molecular formula is C42H26. The Morgan fingerprint density at radius 3 is 0.952 bits per heavy atom. The van der Waals surface area contributed by atoms with Gasteiger partial charge in [-0.2, -0.15) is 0 Å². The number of hydrogen-bond donors (Lipinski definition) is 0. The Morgan fingerprint density at radius 2 is 0.500 bits per heavy atom. The monoisotopic (exact) mass is 530 g/mol. The molecule has 0 aromatic heterocycles. The van der Waals surface area contributed by atoms with Crippen molar-refractivity contribution in [2.24, 2.45) is 0 Å². The van der Waals surface area contributed by atoms with E-state index in [1.807, 2.05) is 0 Å². The molecule has 0 fully saturated rings. The van der Waals surface area contributed by atoms with Gasteiger partial charge < -0.3 is 0 Å². The quantitative estimate of drug-likeness (QED) is 0.195. The molecule has 9 rings (SSSR count). The molecule has 42 heavy (non-hydrogen) atoms.